The molecule has 2 unspecified atom stereocenters. The van der Waals surface area contributed by atoms with Crippen molar-refractivity contribution in [2.75, 3.05) is 12.8 Å². The van der Waals surface area contributed by atoms with Crippen molar-refractivity contribution in [3.63, 3.8) is 0 Å². The highest BCUT2D eigenvalue weighted by atomic mass is 16.5. The SMILES string of the molecule is CCC1CCCCC1C(=O)c1ccc(OC)cc1N. The number of ketones is 1. The van der Waals surface area contributed by atoms with Crippen LogP contribution in [0.5, 0.6) is 5.75 Å². The Hall–Kier alpha value is -1.51. The van der Waals surface area contributed by atoms with Crippen molar-refractivity contribution < 1.29 is 9.53 Å². The van der Waals surface area contributed by atoms with E-state index in [0.29, 0.717) is 22.9 Å². The summed E-state index contributed by atoms with van der Waals surface area (Å²) < 4.78 is 5.13. The van der Waals surface area contributed by atoms with Crippen LogP contribution in [-0.2, 0) is 0 Å². The lowest BCUT2D eigenvalue weighted by Crippen LogP contribution is -2.27. The molecular formula is C16H23NO2. The molecule has 0 saturated heterocycles. The predicted octanol–water partition coefficient (Wildman–Crippen LogP) is 3.68. The van der Waals surface area contributed by atoms with Crippen molar-refractivity contribution in [3.8, 4) is 5.75 Å². The van der Waals surface area contributed by atoms with Gasteiger partial charge in [0.2, 0.25) is 0 Å². The monoisotopic (exact) mass is 261 g/mol. The van der Waals surface area contributed by atoms with E-state index in [4.69, 9.17) is 10.5 Å². The van der Waals surface area contributed by atoms with Gasteiger partial charge in [0, 0.05) is 23.2 Å². The summed E-state index contributed by atoms with van der Waals surface area (Å²) in [5, 5.41) is 0. The number of carbonyl (C=O) groups is 1. The van der Waals surface area contributed by atoms with Crippen molar-refractivity contribution >= 4 is 11.5 Å². The van der Waals surface area contributed by atoms with Crippen molar-refractivity contribution in [1.82, 2.24) is 0 Å². The first-order valence-electron chi connectivity index (χ1n) is 7.15. The van der Waals surface area contributed by atoms with Gasteiger partial charge < -0.3 is 10.5 Å². The molecule has 1 aliphatic carbocycles. The third kappa shape index (κ3) is 2.91. The fourth-order valence-electron chi connectivity index (χ4n) is 3.13. The molecule has 1 fully saturated rings. The van der Waals surface area contributed by atoms with E-state index in [2.05, 4.69) is 6.92 Å². The molecule has 1 aliphatic rings. The van der Waals surface area contributed by atoms with E-state index in [-0.39, 0.29) is 11.7 Å². The maximum absolute atomic E-state index is 12.7. The van der Waals surface area contributed by atoms with Gasteiger partial charge in [-0.3, -0.25) is 4.79 Å². The number of ether oxygens (including phenoxy) is 1. The third-order valence-corrected chi connectivity index (χ3v) is 4.29. The van der Waals surface area contributed by atoms with E-state index in [1.807, 2.05) is 6.07 Å². The molecule has 19 heavy (non-hydrogen) atoms. The van der Waals surface area contributed by atoms with Gasteiger partial charge in [-0.15, -0.1) is 0 Å². The van der Waals surface area contributed by atoms with Gasteiger partial charge in [-0.25, -0.2) is 0 Å². The summed E-state index contributed by atoms with van der Waals surface area (Å²) in [5.41, 5.74) is 7.18. The summed E-state index contributed by atoms with van der Waals surface area (Å²) >= 11 is 0. The zero-order chi connectivity index (χ0) is 13.8. The van der Waals surface area contributed by atoms with Gasteiger partial charge in [-0.05, 0) is 30.9 Å². The van der Waals surface area contributed by atoms with Crippen LogP contribution in [0.1, 0.15) is 49.4 Å². The van der Waals surface area contributed by atoms with E-state index in [9.17, 15) is 4.79 Å². The Morgan fingerprint density at radius 2 is 2.11 bits per heavy atom. The molecule has 0 amide bonds. The fraction of sp³-hybridized carbons (Fsp3) is 0.562. The molecule has 104 valence electrons. The highest BCUT2D eigenvalue weighted by Crippen LogP contribution is 2.35. The Bertz CT molecular complexity index is 456. The van der Waals surface area contributed by atoms with Crippen LogP contribution < -0.4 is 10.5 Å². The number of Topliss-reactive ketones (excluding diaryl/α,β-unsaturated/α-hetero) is 1. The van der Waals surface area contributed by atoms with Crippen LogP contribution in [0.25, 0.3) is 0 Å². The minimum Gasteiger partial charge on any atom is -0.497 e. The first kappa shape index (κ1) is 13.9. The highest BCUT2D eigenvalue weighted by molar-refractivity contribution is 6.02. The Morgan fingerprint density at radius 3 is 2.74 bits per heavy atom. The number of benzene rings is 1. The Labute approximate surface area is 115 Å². The number of rotatable bonds is 4. The standard InChI is InChI=1S/C16H23NO2/c1-3-11-6-4-5-7-13(11)16(18)14-9-8-12(19-2)10-15(14)17/h8-11,13H,3-7,17H2,1-2H3. The Balaban J connectivity index is 2.23. The van der Waals surface area contributed by atoms with Crippen LogP contribution in [0.15, 0.2) is 18.2 Å². The number of carbonyl (C=O) groups excluding carboxylic acids is 1. The summed E-state index contributed by atoms with van der Waals surface area (Å²) in [5.74, 6) is 1.58. The third-order valence-electron chi connectivity index (χ3n) is 4.29. The maximum atomic E-state index is 12.7. The number of nitrogen functional groups attached to an aromatic ring is 1. The molecule has 0 heterocycles. The Morgan fingerprint density at radius 1 is 1.37 bits per heavy atom. The zero-order valence-electron chi connectivity index (χ0n) is 11.8. The van der Waals surface area contributed by atoms with Crippen molar-refractivity contribution in [1.29, 1.82) is 0 Å². The largest absolute Gasteiger partial charge is 0.497 e. The van der Waals surface area contributed by atoms with Crippen LogP contribution in [0.4, 0.5) is 5.69 Å². The molecule has 3 nitrogen and oxygen atoms in total. The first-order valence-corrected chi connectivity index (χ1v) is 7.15. The van der Waals surface area contributed by atoms with Gasteiger partial charge >= 0.3 is 0 Å². The average Bonchev–Trinajstić information content (AvgIpc) is 2.46. The number of hydrogen-bond acceptors (Lipinski definition) is 3. The molecule has 1 aromatic rings. The van der Waals surface area contributed by atoms with Gasteiger partial charge in [-0.2, -0.15) is 0 Å². The van der Waals surface area contributed by atoms with Crippen LogP contribution in [-0.4, -0.2) is 12.9 Å². The van der Waals surface area contributed by atoms with Gasteiger partial charge in [0.25, 0.3) is 0 Å². The van der Waals surface area contributed by atoms with Gasteiger partial charge in [0.1, 0.15) is 5.75 Å². The zero-order valence-corrected chi connectivity index (χ0v) is 11.8. The Kier molecular flexibility index (Phi) is 4.46. The highest BCUT2D eigenvalue weighted by Gasteiger charge is 2.31. The van der Waals surface area contributed by atoms with Gasteiger partial charge in [0.05, 0.1) is 7.11 Å². The van der Waals surface area contributed by atoms with Crippen LogP contribution in [0, 0.1) is 11.8 Å². The molecule has 1 aromatic carbocycles. The van der Waals surface area contributed by atoms with E-state index >= 15 is 0 Å². The predicted molar refractivity (Wildman–Crippen MR) is 77.5 cm³/mol. The summed E-state index contributed by atoms with van der Waals surface area (Å²) in [6.45, 7) is 2.17. The minimum atomic E-state index is 0.148. The summed E-state index contributed by atoms with van der Waals surface area (Å²) in [6.07, 6.45) is 5.65. The topological polar surface area (TPSA) is 52.3 Å². The molecule has 1 saturated carbocycles. The normalized spacial score (nSPS) is 23.1. The second kappa shape index (κ2) is 6.09. The maximum Gasteiger partial charge on any atom is 0.168 e. The molecule has 2 atom stereocenters. The van der Waals surface area contributed by atoms with Crippen LogP contribution in [0.3, 0.4) is 0 Å². The van der Waals surface area contributed by atoms with Crippen molar-refractivity contribution in [3.05, 3.63) is 23.8 Å². The molecule has 0 spiro atoms. The van der Waals surface area contributed by atoms with Crippen LogP contribution in [0.2, 0.25) is 0 Å². The molecule has 0 aromatic heterocycles. The number of nitrogens with two attached hydrogens (primary N) is 1. The van der Waals surface area contributed by atoms with Crippen LogP contribution >= 0.6 is 0 Å². The number of hydrogen-bond donors (Lipinski definition) is 1. The van der Waals surface area contributed by atoms with Crippen molar-refractivity contribution in [2.45, 2.75) is 39.0 Å². The molecule has 2 N–H and O–H groups in total. The molecule has 3 heteroatoms. The van der Waals surface area contributed by atoms with E-state index in [0.717, 1.165) is 19.3 Å². The van der Waals surface area contributed by atoms with Gasteiger partial charge in [-0.1, -0.05) is 26.2 Å². The molecule has 2 rings (SSSR count). The number of methoxy groups -OCH3 is 1. The molecule has 0 bridgehead atoms. The first-order chi connectivity index (χ1) is 9.17. The summed E-state index contributed by atoms with van der Waals surface area (Å²) in [4.78, 5) is 12.7. The smallest absolute Gasteiger partial charge is 0.168 e. The van der Waals surface area contributed by atoms with E-state index in [1.54, 1.807) is 19.2 Å². The fourth-order valence-corrected chi connectivity index (χ4v) is 3.13. The number of anilines is 1. The molecule has 0 aliphatic heterocycles. The second-order valence-corrected chi connectivity index (χ2v) is 5.38. The van der Waals surface area contributed by atoms with Gasteiger partial charge in [0.15, 0.2) is 5.78 Å². The minimum absolute atomic E-state index is 0.148. The summed E-state index contributed by atoms with van der Waals surface area (Å²) in [6, 6.07) is 5.35. The second-order valence-electron chi connectivity index (χ2n) is 5.38. The quantitative estimate of drug-likeness (QED) is 0.664. The van der Waals surface area contributed by atoms with Crippen molar-refractivity contribution in [2.24, 2.45) is 11.8 Å². The average molecular weight is 261 g/mol. The lowest BCUT2D eigenvalue weighted by atomic mass is 9.74. The molecular weight excluding hydrogens is 238 g/mol. The van der Waals surface area contributed by atoms with E-state index in [1.165, 1.54) is 12.8 Å². The summed E-state index contributed by atoms with van der Waals surface area (Å²) in [7, 11) is 1.60. The lowest BCUT2D eigenvalue weighted by Gasteiger charge is -2.30. The lowest BCUT2D eigenvalue weighted by molar-refractivity contribution is 0.0821. The van der Waals surface area contributed by atoms with E-state index < -0.39 is 0 Å². The molecule has 0 radical (unpaired) electrons.